The Bertz CT molecular complexity index is 67.1. The van der Waals surface area contributed by atoms with Gasteiger partial charge in [0.1, 0.15) is 0 Å². The molecule has 0 bridgehead atoms. The Morgan fingerprint density at radius 1 is 0.385 bits per heavy atom. The Kier molecular flexibility index (Phi) is 860. The molecule has 0 amide bonds. The van der Waals surface area contributed by atoms with Crippen molar-refractivity contribution in [3.8, 4) is 0 Å². The third kappa shape index (κ3) is 153. The molecule has 0 radical (unpaired) electrons. The molecule has 50 valence electrons. The Labute approximate surface area is 260 Å². The van der Waals surface area contributed by atoms with Gasteiger partial charge in [-0.25, -0.2) is 0 Å². The molecule has 4 nitrogen and oxygen atoms in total. The van der Waals surface area contributed by atoms with Crippen molar-refractivity contribution in [1.29, 1.82) is 21.0 Å². The fourth-order valence-corrected chi connectivity index (χ4v) is 0. The van der Waals surface area contributed by atoms with Crippen LogP contribution in [0.25, 0.3) is 0 Å². The van der Waals surface area contributed by atoms with Gasteiger partial charge in [-0.1, -0.05) is 0 Å². The number of hydrogen-bond acceptors (Lipinski definition) is 4. The minimum atomic E-state index is 0. The molecule has 9 heteroatoms. The van der Waals surface area contributed by atoms with Gasteiger partial charge in [0.15, 0.2) is 0 Å². The Morgan fingerprint density at radius 2 is 0.385 bits per heavy atom. The SMILES string of the molecule is [C-]#N.[C-]#N.[C-]#N.[C-]#N.[K+].[K+].[K+].[K+].[Ni]. The van der Waals surface area contributed by atoms with E-state index in [0.29, 0.717) is 0 Å². The van der Waals surface area contributed by atoms with Crippen LogP contribution in [0.5, 0.6) is 0 Å². The molecule has 0 aliphatic heterocycles. The summed E-state index contributed by atoms with van der Waals surface area (Å²) in [5, 5.41) is 25.0. The fourth-order valence-electron chi connectivity index (χ4n) is 0. The first-order valence-corrected chi connectivity index (χ1v) is 0.894. The molecule has 0 aromatic rings. The molecule has 0 aromatic heterocycles. The van der Waals surface area contributed by atoms with Crippen molar-refractivity contribution in [3.63, 3.8) is 0 Å². The van der Waals surface area contributed by atoms with E-state index in [9.17, 15) is 0 Å². The molecule has 0 spiro atoms. The quantitative estimate of drug-likeness (QED) is 0.327. The van der Waals surface area contributed by atoms with Crippen LogP contribution < -0.4 is 206 Å². The maximum atomic E-state index is 6.25. The molecule has 0 rings (SSSR count). The number of nitrogens with zero attached hydrogens (tertiary/aromatic N) is 4. The molecule has 0 heterocycles. The molecule has 0 aliphatic rings. The molecule has 0 atom stereocenters. The van der Waals surface area contributed by atoms with Gasteiger partial charge >= 0.3 is 206 Å². The van der Waals surface area contributed by atoms with Gasteiger partial charge in [-0.2, -0.15) is 0 Å². The Balaban J connectivity index is -0.00000000208. The minimum absolute atomic E-state index is 0. The van der Waals surface area contributed by atoms with Crippen molar-refractivity contribution in [3.05, 3.63) is 26.3 Å². The maximum Gasteiger partial charge on any atom is 1.00 e. The van der Waals surface area contributed by atoms with Gasteiger partial charge < -0.3 is 47.3 Å². The van der Waals surface area contributed by atoms with Crippen LogP contribution in [0.1, 0.15) is 0 Å². The first kappa shape index (κ1) is 64.2. The summed E-state index contributed by atoms with van der Waals surface area (Å²) in [6.07, 6.45) is 0. The molecular weight excluding hydrogens is 319 g/mol. The van der Waals surface area contributed by atoms with E-state index in [1.54, 1.807) is 0 Å². The fraction of sp³-hybridized carbons (Fsp3) is 0. The van der Waals surface area contributed by atoms with Crippen LogP contribution in [-0.4, -0.2) is 0 Å². The second-order valence-electron chi connectivity index (χ2n) is 0. The van der Waals surface area contributed by atoms with Crippen LogP contribution in [0.3, 0.4) is 0 Å². The van der Waals surface area contributed by atoms with E-state index < -0.39 is 0 Å². The van der Waals surface area contributed by atoms with Crippen LogP contribution in [0.15, 0.2) is 0 Å². The molecule has 0 unspecified atom stereocenters. The molecule has 0 N–H and O–H groups in total. The summed E-state index contributed by atoms with van der Waals surface area (Å²) in [6, 6.07) is 0. The van der Waals surface area contributed by atoms with Crippen LogP contribution in [-0.2, 0) is 16.5 Å². The predicted molar refractivity (Wildman–Crippen MR) is 19.9 cm³/mol. The maximum absolute atomic E-state index is 6.25. The van der Waals surface area contributed by atoms with Gasteiger partial charge in [0, 0.05) is 16.5 Å². The normalized spacial score (nSPS) is 0.615. The van der Waals surface area contributed by atoms with E-state index >= 15 is 0 Å². The third-order valence-corrected chi connectivity index (χ3v) is 0. The van der Waals surface area contributed by atoms with E-state index in [-0.39, 0.29) is 222 Å². The third-order valence-electron chi connectivity index (χ3n) is 0. The summed E-state index contributed by atoms with van der Waals surface area (Å²) in [4.78, 5) is 0. The summed E-state index contributed by atoms with van der Waals surface area (Å²) >= 11 is 0. The van der Waals surface area contributed by atoms with E-state index in [1.165, 1.54) is 0 Å². The van der Waals surface area contributed by atoms with Gasteiger partial charge in [-0.3, -0.25) is 0 Å². The summed E-state index contributed by atoms with van der Waals surface area (Å²) in [6.45, 7) is 19.0. The minimum Gasteiger partial charge on any atom is -0.512 e. The van der Waals surface area contributed by atoms with Crippen molar-refractivity contribution in [1.82, 2.24) is 0 Å². The van der Waals surface area contributed by atoms with E-state index in [4.69, 9.17) is 47.3 Å². The summed E-state index contributed by atoms with van der Waals surface area (Å²) in [7, 11) is 0. The van der Waals surface area contributed by atoms with Crippen molar-refractivity contribution in [2.75, 3.05) is 0 Å². The van der Waals surface area contributed by atoms with Gasteiger partial charge in [0.25, 0.3) is 0 Å². The van der Waals surface area contributed by atoms with Gasteiger partial charge in [-0.05, 0) is 0 Å². The van der Waals surface area contributed by atoms with Crippen molar-refractivity contribution >= 4 is 0 Å². The van der Waals surface area contributed by atoms with Gasteiger partial charge in [0.2, 0.25) is 0 Å². The zero-order chi connectivity index (χ0) is 8.00. The zero-order valence-electron chi connectivity index (χ0n) is 8.11. The first-order valence-electron chi connectivity index (χ1n) is 0.894. The summed E-state index contributed by atoms with van der Waals surface area (Å²) < 4.78 is 0. The van der Waals surface area contributed by atoms with Crippen LogP contribution in [0, 0.1) is 47.3 Å². The molecule has 0 aromatic carbocycles. The molecule has 13 heavy (non-hydrogen) atoms. The van der Waals surface area contributed by atoms with Crippen molar-refractivity contribution < 1.29 is 222 Å². The van der Waals surface area contributed by atoms with Crippen LogP contribution in [0.4, 0.5) is 0 Å². The molecular formula is C4K4N4Ni. The topological polar surface area (TPSA) is 95.2 Å². The largest absolute Gasteiger partial charge is 1.00 e. The summed E-state index contributed by atoms with van der Waals surface area (Å²) in [5.74, 6) is 0. The van der Waals surface area contributed by atoms with E-state index in [0.717, 1.165) is 0 Å². The zero-order valence-corrected chi connectivity index (χ0v) is 21.6. The second kappa shape index (κ2) is 174. The molecule has 0 aliphatic carbocycles. The molecule has 0 saturated carbocycles. The second-order valence-corrected chi connectivity index (χ2v) is 0. The van der Waals surface area contributed by atoms with Gasteiger partial charge in [0.05, 0.1) is 0 Å². The van der Waals surface area contributed by atoms with Crippen molar-refractivity contribution in [2.45, 2.75) is 0 Å². The van der Waals surface area contributed by atoms with E-state index in [2.05, 4.69) is 0 Å². The average molecular weight is 319 g/mol. The predicted octanol–water partition coefficient (Wildman–Crippen LogP) is -11.6. The number of hydrogen-bond donors (Lipinski definition) is 0. The van der Waals surface area contributed by atoms with Crippen LogP contribution in [0.2, 0.25) is 0 Å². The van der Waals surface area contributed by atoms with Gasteiger partial charge in [-0.15, -0.1) is 0 Å². The molecule has 0 saturated heterocycles. The Morgan fingerprint density at radius 3 is 0.385 bits per heavy atom. The standard InChI is InChI=1S/4CN.4K.Ni/c4*1-2;;;;;/q4*-1;4*+1;. The monoisotopic (exact) mass is 318 g/mol. The summed E-state index contributed by atoms with van der Waals surface area (Å²) in [5.41, 5.74) is 0. The van der Waals surface area contributed by atoms with Crippen LogP contribution >= 0.6 is 0 Å². The first-order chi connectivity index (χ1) is 4.00. The van der Waals surface area contributed by atoms with Crippen molar-refractivity contribution in [2.24, 2.45) is 0 Å². The smallest absolute Gasteiger partial charge is 0.512 e. The average Bonchev–Trinajstić information content (AvgIpc) is 2.03. The number of rotatable bonds is 0. The van der Waals surface area contributed by atoms with E-state index in [1.807, 2.05) is 0 Å². The Hall–Kier alpha value is 5.00. The molecule has 0 fully saturated rings.